The highest BCUT2D eigenvalue weighted by Crippen LogP contribution is 1.98. The predicted octanol–water partition coefficient (Wildman–Crippen LogP) is -0.421. The van der Waals surface area contributed by atoms with Crippen molar-refractivity contribution in [1.82, 2.24) is 5.43 Å². The number of thioether (sulfide) groups is 1. The molecule has 1 rings (SSSR count). The quantitative estimate of drug-likeness (QED) is 0.485. The summed E-state index contributed by atoms with van der Waals surface area (Å²) in [6.45, 7) is 0. The molecule has 0 aliphatic carbocycles. The van der Waals surface area contributed by atoms with Gasteiger partial charge in [-0.3, -0.25) is 5.43 Å². The Kier molecular flexibility index (Phi) is 2.07. The van der Waals surface area contributed by atoms with Crippen molar-refractivity contribution in [1.29, 1.82) is 0 Å². The molecule has 0 bridgehead atoms. The number of hydrogen-bond donors (Lipinski definition) is 2. The smallest absolute Gasteiger partial charge is 0.178 e. The molecule has 4 nitrogen and oxygen atoms in total. The average Bonchev–Trinajstić information content (AvgIpc) is 1.88. The normalized spacial score (nSPS) is 25.1. The Morgan fingerprint density at radius 1 is 1.89 bits per heavy atom. The lowest BCUT2D eigenvalue weighted by atomic mass is 10.6. The second kappa shape index (κ2) is 2.84. The van der Waals surface area contributed by atoms with Crippen LogP contribution in [0.15, 0.2) is 10.1 Å². The minimum atomic E-state index is -0.270. The monoisotopic (exact) mass is 144 g/mol. The van der Waals surface area contributed by atoms with Gasteiger partial charge in [0.1, 0.15) is 6.17 Å². The second-order valence-corrected chi connectivity index (χ2v) is 2.31. The van der Waals surface area contributed by atoms with Crippen LogP contribution < -0.4 is 11.2 Å². The molecule has 0 fully saturated rings. The van der Waals surface area contributed by atoms with E-state index < -0.39 is 0 Å². The highest BCUT2D eigenvalue weighted by Gasteiger charge is 2.02. The number of aliphatic imine (C=N–C) groups is 1. The van der Waals surface area contributed by atoms with Crippen LogP contribution in [0.2, 0.25) is 0 Å². The van der Waals surface area contributed by atoms with E-state index in [1.807, 2.05) is 6.26 Å². The topological polar surface area (TPSA) is 62.8 Å². The van der Waals surface area contributed by atoms with Crippen molar-refractivity contribution < 1.29 is 0 Å². The molecule has 0 aromatic rings. The number of nitrogens with one attached hydrogen (secondary N) is 1. The van der Waals surface area contributed by atoms with Crippen molar-refractivity contribution in [3.63, 3.8) is 0 Å². The molecule has 1 aliphatic rings. The van der Waals surface area contributed by atoms with Gasteiger partial charge in [-0.2, -0.15) is 5.10 Å². The Bertz CT molecular complexity index is 153. The second-order valence-electron chi connectivity index (χ2n) is 1.52. The Balaban J connectivity index is 2.55. The molecule has 0 aromatic heterocycles. The molecule has 0 saturated heterocycles. The molecule has 0 amide bonds. The molecule has 50 valence electrons. The summed E-state index contributed by atoms with van der Waals surface area (Å²) >= 11 is 1.49. The van der Waals surface area contributed by atoms with E-state index >= 15 is 0 Å². The number of nitrogens with two attached hydrogens (primary N) is 1. The molecule has 3 N–H and O–H groups in total. The molecular weight excluding hydrogens is 136 g/mol. The zero-order valence-electron chi connectivity index (χ0n) is 5.03. The lowest BCUT2D eigenvalue weighted by Gasteiger charge is -2.09. The Labute approximate surface area is 57.6 Å². The van der Waals surface area contributed by atoms with E-state index in [4.69, 9.17) is 5.73 Å². The van der Waals surface area contributed by atoms with Crippen molar-refractivity contribution >= 4 is 23.1 Å². The van der Waals surface area contributed by atoms with Gasteiger partial charge in [-0.05, 0) is 6.26 Å². The SMILES string of the molecule is CSC1=NC(N)C=NN1. The maximum atomic E-state index is 5.41. The molecular formula is C4H8N4S. The standard InChI is InChI=1S/C4H8N4S/c1-9-4-7-3(5)2-6-8-4/h2-3H,5H2,1H3,(H,7,8). The largest absolute Gasteiger partial charge is 0.305 e. The van der Waals surface area contributed by atoms with Crippen LogP contribution >= 0.6 is 11.8 Å². The number of hydrazone groups is 1. The van der Waals surface area contributed by atoms with Gasteiger partial charge in [-0.25, -0.2) is 4.99 Å². The van der Waals surface area contributed by atoms with Crippen LogP contribution in [0.1, 0.15) is 0 Å². The summed E-state index contributed by atoms with van der Waals surface area (Å²) in [4.78, 5) is 4.00. The van der Waals surface area contributed by atoms with Crippen LogP contribution in [-0.2, 0) is 0 Å². The molecule has 0 aromatic carbocycles. The molecule has 5 heteroatoms. The van der Waals surface area contributed by atoms with E-state index in [2.05, 4.69) is 15.5 Å². The maximum absolute atomic E-state index is 5.41. The Morgan fingerprint density at radius 3 is 3.11 bits per heavy atom. The lowest BCUT2D eigenvalue weighted by Crippen LogP contribution is -2.30. The summed E-state index contributed by atoms with van der Waals surface area (Å²) in [5.41, 5.74) is 8.11. The van der Waals surface area contributed by atoms with Gasteiger partial charge < -0.3 is 5.73 Å². The lowest BCUT2D eigenvalue weighted by molar-refractivity contribution is 0.873. The minimum absolute atomic E-state index is 0.270. The van der Waals surface area contributed by atoms with Gasteiger partial charge in [0.15, 0.2) is 5.17 Å². The van der Waals surface area contributed by atoms with Crippen LogP contribution in [0.4, 0.5) is 0 Å². The fourth-order valence-electron chi connectivity index (χ4n) is 0.465. The zero-order valence-corrected chi connectivity index (χ0v) is 5.85. The first kappa shape index (κ1) is 6.57. The number of amidine groups is 1. The molecule has 1 aliphatic heterocycles. The van der Waals surface area contributed by atoms with Crippen LogP contribution in [-0.4, -0.2) is 23.8 Å². The van der Waals surface area contributed by atoms with Crippen molar-refractivity contribution in [3.05, 3.63) is 0 Å². The molecule has 9 heavy (non-hydrogen) atoms. The van der Waals surface area contributed by atoms with Crippen LogP contribution in [0.3, 0.4) is 0 Å². The average molecular weight is 144 g/mol. The van der Waals surface area contributed by atoms with Gasteiger partial charge in [0.05, 0.1) is 6.21 Å². The number of nitrogens with zero attached hydrogens (tertiary/aromatic N) is 2. The van der Waals surface area contributed by atoms with Crippen LogP contribution in [0.25, 0.3) is 0 Å². The summed E-state index contributed by atoms with van der Waals surface area (Å²) in [6, 6.07) is 0. The molecule has 0 saturated carbocycles. The predicted molar refractivity (Wildman–Crippen MR) is 40.6 cm³/mol. The third kappa shape index (κ3) is 1.69. The minimum Gasteiger partial charge on any atom is -0.305 e. The van der Waals surface area contributed by atoms with Crippen molar-refractivity contribution in [2.24, 2.45) is 15.8 Å². The summed E-state index contributed by atoms with van der Waals surface area (Å²) in [7, 11) is 0. The molecule has 1 atom stereocenters. The molecule has 1 unspecified atom stereocenters. The summed E-state index contributed by atoms with van der Waals surface area (Å²) in [6.07, 6.45) is 3.20. The van der Waals surface area contributed by atoms with Gasteiger partial charge in [0.2, 0.25) is 0 Å². The van der Waals surface area contributed by atoms with Gasteiger partial charge in [0.25, 0.3) is 0 Å². The van der Waals surface area contributed by atoms with Crippen molar-refractivity contribution in [2.45, 2.75) is 6.17 Å². The van der Waals surface area contributed by atoms with Gasteiger partial charge in [0, 0.05) is 0 Å². The first-order chi connectivity index (χ1) is 4.33. The van der Waals surface area contributed by atoms with E-state index in [-0.39, 0.29) is 6.17 Å². The van der Waals surface area contributed by atoms with Crippen molar-refractivity contribution in [3.8, 4) is 0 Å². The van der Waals surface area contributed by atoms with Gasteiger partial charge in [-0.15, -0.1) is 0 Å². The van der Waals surface area contributed by atoms with E-state index in [0.717, 1.165) is 5.17 Å². The highest BCUT2D eigenvalue weighted by atomic mass is 32.2. The molecule has 1 heterocycles. The Morgan fingerprint density at radius 2 is 2.67 bits per heavy atom. The molecule has 0 radical (unpaired) electrons. The number of hydrogen-bond acceptors (Lipinski definition) is 5. The van der Waals surface area contributed by atoms with Crippen LogP contribution in [0, 0.1) is 0 Å². The zero-order chi connectivity index (χ0) is 6.69. The first-order valence-electron chi connectivity index (χ1n) is 2.49. The summed E-state index contributed by atoms with van der Waals surface area (Å²) in [5, 5.41) is 4.53. The summed E-state index contributed by atoms with van der Waals surface area (Å²) < 4.78 is 0. The van der Waals surface area contributed by atoms with E-state index in [1.54, 1.807) is 6.21 Å². The fraction of sp³-hybridized carbons (Fsp3) is 0.500. The third-order valence-corrected chi connectivity index (χ3v) is 1.43. The number of rotatable bonds is 0. The Hall–Kier alpha value is -0.550. The van der Waals surface area contributed by atoms with Gasteiger partial charge >= 0.3 is 0 Å². The van der Waals surface area contributed by atoms with E-state index in [9.17, 15) is 0 Å². The van der Waals surface area contributed by atoms with Crippen LogP contribution in [0.5, 0.6) is 0 Å². The molecule has 0 spiro atoms. The fourth-order valence-corrected chi connectivity index (χ4v) is 0.836. The first-order valence-corrected chi connectivity index (χ1v) is 3.72. The van der Waals surface area contributed by atoms with E-state index in [0.29, 0.717) is 0 Å². The highest BCUT2D eigenvalue weighted by molar-refractivity contribution is 8.13. The third-order valence-electron chi connectivity index (χ3n) is 0.847. The van der Waals surface area contributed by atoms with E-state index in [1.165, 1.54) is 11.8 Å². The maximum Gasteiger partial charge on any atom is 0.178 e. The summed E-state index contributed by atoms with van der Waals surface area (Å²) in [5.74, 6) is 0. The van der Waals surface area contributed by atoms with Crippen molar-refractivity contribution in [2.75, 3.05) is 6.26 Å². The van der Waals surface area contributed by atoms with Gasteiger partial charge in [-0.1, -0.05) is 11.8 Å².